The van der Waals surface area contributed by atoms with E-state index in [1.165, 1.54) is 0 Å². The summed E-state index contributed by atoms with van der Waals surface area (Å²) in [5.41, 5.74) is 0. The van der Waals surface area contributed by atoms with Crippen molar-refractivity contribution in [2.75, 3.05) is 7.11 Å². The molecule has 0 spiro atoms. The summed E-state index contributed by atoms with van der Waals surface area (Å²) >= 11 is 0. The van der Waals surface area contributed by atoms with Crippen LogP contribution in [0.4, 0.5) is 8.78 Å². The lowest BCUT2D eigenvalue weighted by atomic mass is 10.2. The molecule has 0 N–H and O–H groups in total. The highest BCUT2D eigenvalue weighted by molar-refractivity contribution is 4.85. The molecule has 0 aromatic heterocycles. The fourth-order valence-corrected chi connectivity index (χ4v) is 1.00. The van der Waals surface area contributed by atoms with Crippen LogP contribution < -0.4 is 0 Å². The monoisotopic (exact) mass is 151 g/mol. The number of methoxy groups -OCH3 is 1. The third-order valence-corrected chi connectivity index (χ3v) is 1.64. The minimum Gasteiger partial charge on any atom is -0.372 e. The molecule has 1 radical (unpaired) electrons. The van der Waals surface area contributed by atoms with E-state index in [-0.39, 0.29) is 5.92 Å². The maximum absolute atomic E-state index is 12.0. The van der Waals surface area contributed by atoms with Crippen LogP contribution in [0.5, 0.6) is 0 Å². The summed E-state index contributed by atoms with van der Waals surface area (Å²) in [6.07, 6.45) is -3.95. The van der Waals surface area contributed by atoms with E-state index in [0.29, 0.717) is 12.8 Å². The molecule has 1 atom stereocenters. The molecule has 0 aliphatic heterocycles. The highest BCUT2D eigenvalue weighted by Gasteiger charge is 2.48. The molecule has 0 bridgehead atoms. The zero-order chi connectivity index (χ0) is 7.78. The lowest BCUT2D eigenvalue weighted by Crippen LogP contribution is -2.35. The van der Waals surface area contributed by atoms with Crippen LogP contribution in [0.15, 0.2) is 0 Å². The van der Waals surface area contributed by atoms with Gasteiger partial charge in [-0.05, 0) is 18.8 Å². The Morgan fingerprint density at radius 1 is 1.60 bits per heavy atom. The van der Waals surface area contributed by atoms with Crippen molar-refractivity contribution in [3.8, 4) is 0 Å². The molecule has 59 valence electrons. The van der Waals surface area contributed by atoms with Crippen LogP contribution >= 0.6 is 0 Å². The van der Waals surface area contributed by atoms with Crippen LogP contribution in [0.2, 0.25) is 0 Å². The normalized spacial score (nSPS) is 22.8. The third-order valence-electron chi connectivity index (χ3n) is 1.64. The smallest absolute Gasteiger partial charge is 0.372 e. The van der Waals surface area contributed by atoms with Gasteiger partial charge in [-0.2, -0.15) is 13.9 Å². The van der Waals surface area contributed by atoms with Crippen LogP contribution in [-0.2, 0) is 9.84 Å². The molecule has 1 fully saturated rings. The highest BCUT2D eigenvalue weighted by Crippen LogP contribution is 2.40. The minimum atomic E-state index is -3.92. The summed E-state index contributed by atoms with van der Waals surface area (Å²) in [5, 5.41) is 10.1. The van der Waals surface area contributed by atoms with Gasteiger partial charge in [0.25, 0.3) is 0 Å². The predicted molar refractivity (Wildman–Crippen MR) is 29.2 cm³/mol. The van der Waals surface area contributed by atoms with Crippen molar-refractivity contribution in [2.24, 2.45) is 5.92 Å². The standard InChI is InChI=1S/C6H9F2O2/c1-10-5(4-2-3-4)6(7,8)9/h4-5H,2-3H2,1H3. The van der Waals surface area contributed by atoms with Gasteiger partial charge < -0.3 is 4.74 Å². The molecular weight excluding hydrogens is 142 g/mol. The Balaban J connectivity index is 2.46. The highest BCUT2D eigenvalue weighted by atomic mass is 19.3. The fraction of sp³-hybridized carbons (Fsp3) is 1.00. The summed E-state index contributed by atoms with van der Waals surface area (Å²) in [6.45, 7) is 0. The minimum absolute atomic E-state index is 0.211. The summed E-state index contributed by atoms with van der Waals surface area (Å²) in [7, 11) is 1.15. The van der Waals surface area contributed by atoms with Crippen molar-refractivity contribution >= 4 is 0 Å². The number of halogens is 2. The summed E-state index contributed by atoms with van der Waals surface area (Å²) in [5.74, 6) is -0.211. The van der Waals surface area contributed by atoms with Gasteiger partial charge in [0.15, 0.2) is 6.10 Å². The molecule has 10 heavy (non-hydrogen) atoms. The van der Waals surface area contributed by atoms with Gasteiger partial charge in [0, 0.05) is 7.11 Å². The van der Waals surface area contributed by atoms with Gasteiger partial charge in [0.1, 0.15) is 0 Å². The molecule has 1 rings (SSSR count). The first-order chi connectivity index (χ1) is 4.55. The molecule has 0 heterocycles. The second-order valence-electron chi connectivity index (χ2n) is 2.56. The van der Waals surface area contributed by atoms with Crippen molar-refractivity contribution in [2.45, 2.75) is 25.1 Å². The largest absolute Gasteiger partial charge is 0.407 e. The molecule has 0 amide bonds. The lowest BCUT2D eigenvalue weighted by molar-refractivity contribution is -0.303. The summed E-state index contributed by atoms with van der Waals surface area (Å²) < 4.78 is 28.4. The Bertz CT molecular complexity index is 117. The first kappa shape index (κ1) is 7.88. The van der Waals surface area contributed by atoms with Gasteiger partial charge in [-0.25, -0.2) is 0 Å². The molecule has 1 unspecified atom stereocenters. The number of alkyl halides is 2. The Morgan fingerprint density at radius 2 is 2.10 bits per heavy atom. The molecular formula is C6H9F2O2. The average Bonchev–Trinajstić information content (AvgIpc) is 2.46. The maximum atomic E-state index is 12.0. The molecule has 1 aliphatic carbocycles. The second-order valence-corrected chi connectivity index (χ2v) is 2.56. The van der Waals surface area contributed by atoms with Gasteiger partial charge >= 0.3 is 6.11 Å². The van der Waals surface area contributed by atoms with E-state index in [2.05, 4.69) is 4.74 Å². The molecule has 4 heteroatoms. The Morgan fingerprint density at radius 3 is 2.20 bits per heavy atom. The molecule has 2 nitrogen and oxygen atoms in total. The van der Waals surface area contributed by atoms with Gasteiger partial charge in [0.05, 0.1) is 0 Å². The van der Waals surface area contributed by atoms with Crippen LogP contribution in [0.3, 0.4) is 0 Å². The molecule has 0 saturated heterocycles. The van der Waals surface area contributed by atoms with Gasteiger partial charge in [-0.3, -0.25) is 0 Å². The average molecular weight is 151 g/mol. The van der Waals surface area contributed by atoms with Crippen molar-refractivity contribution in [3.05, 3.63) is 0 Å². The maximum Gasteiger partial charge on any atom is 0.407 e. The molecule has 1 aliphatic rings. The quantitative estimate of drug-likeness (QED) is 0.600. The van der Waals surface area contributed by atoms with Gasteiger partial charge in [0.2, 0.25) is 0 Å². The van der Waals surface area contributed by atoms with Crippen LogP contribution in [0.1, 0.15) is 12.8 Å². The van der Waals surface area contributed by atoms with E-state index in [9.17, 15) is 13.9 Å². The first-order valence-corrected chi connectivity index (χ1v) is 3.16. The zero-order valence-corrected chi connectivity index (χ0v) is 5.64. The predicted octanol–water partition coefficient (Wildman–Crippen LogP) is 1.43. The third kappa shape index (κ3) is 1.64. The second kappa shape index (κ2) is 2.43. The number of hydrogen-bond acceptors (Lipinski definition) is 1. The first-order valence-electron chi connectivity index (χ1n) is 3.16. The molecule has 1 saturated carbocycles. The Hall–Kier alpha value is -0.220. The van der Waals surface area contributed by atoms with Crippen molar-refractivity contribution in [1.29, 1.82) is 0 Å². The van der Waals surface area contributed by atoms with Crippen molar-refractivity contribution in [1.82, 2.24) is 0 Å². The Labute approximate surface area is 57.8 Å². The topological polar surface area (TPSA) is 29.1 Å². The van der Waals surface area contributed by atoms with Crippen molar-refractivity contribution in [3.63, 3.8) is 0 Å². The van der Waals surface area contributed by atoms with Crippen LogP contribution in [0.25, 0.3) is 0 Å². The zero-order valence-electron chi connectivity index (χ0n) is 5.64. The van der Waals surface area contributed by atoms with E-state index < -0.39 is 12.2 Å². The lowest BCUT2D eigenvalue weighted by Gasteiger charge is -2.17. The number of rotatable bonds is 3. The Kier molecular flexibility index (Phi) is 1.92. The van der Waals surface area contributed by atoms with E-state index in [4.69, 9.17) is 0 Å². The van der Waals surface area contributed by atoms with E-state index in [0.717, 1.165) is 7.11 Å². The van der Waals surface area contributed by atoms with E-state index in [1.807, 2.05) is 0 Å². The van der Waals surface area contributed by atoms with Crippen molar-refractivity contribution < 1.29 is 18.6 Å². The van der Waals surface area contributed by atoms with Gasteiger partial charge in [-0.1, -0.05) is 0 Å². The summed E-state index contributed by atoms with van der Waals surface area (Å²) in [6, 6.07) is 0. The molecule has 0 aromatic carbocycles. The number of ether oxygens (including phenoxy) is 1. The van der Waals surface area contributed by atoms with E-state index >= 15 is 0 Å². The SMILES string of the molecule is COC(C1CC1)C([O])(F)F. The molecule has 0 aromatic rings. The number of hydrogen-bond donors (Lipinski definition) is 0. The van der Waals surface area contributed by atoms with Crippen LogP contribution in [0, 0.1) is 5.92 Å². The van der Waals surface area contributed by atoms with Crippen LogP contribution in [-0.4, -0.2) is 19.3 Å². The summed E-state index contributed by atoms with van der Waals surface area (Å²) in [4.78, 5) is 0. The van der Waals surface area contributed by atoms with Gasteiger partial charge in [-0.15, -0.1) is 0 Å². The van der Waals surface area contributed by atoms with E-state index in [1.54, 1.807) is 0 Å². The fourth-order valence-electron chi connectivity index (χ4n) is 1.00.